The number of hydrogen-bond donors (Lipinski definition) is 0. The van der Waals surface area contributed by atoms with Gasteiger partial charge in [-0.3, -0.25) is 0 Å². The van der Waals surface area contributed by atoms with Crippen molar-refractivity contribution in [3.63, 3.8) is 0 Å². The summed E-state index contributed by atoms with van der Waals surface area (Å²) in [5.74, 6) is -1.87. The first-order valence-electron chi connectivity index (χ1n) is 12.7. The molecule has 4 rings (SSSR count). The number of rotatable bonds is 9. The number of hydrogen-bond acceptors (Lipinski definition) is 6. The molecular formula is C33H29FO6. The Bertz CT molecular complexity index is 1550. The molecule has 3 aromatic rings. The maximum absolute atomic E-state index is 15.5. The monoisotopic (exact) mass is 540 g/mol. The number of ether oxygens (including phenoxy) is 3. The van der Waals surface area contributed by atoms with Crippen LogP contribution >= 0.6 is 0 Å². The molecule has 0 heterocycles. The van der Waals surface area contributed by atoms with E-state index in [9.17, 15) is 14.4 Å². The Labute approximate surface area is 232 Å². The van der Waals surface area contributed by atoms with Gasteiger partial charge in [-0.2, -0.15) is 0 Å². The fourth-order valence-electron chi connectivity index (χ4n) is 4.48. The van der Waals surface area contributed by atoms with Crippen molar-refractivity contribution in [3.05, 3.63) is 109 Å². The third kappa shape index (κ3) is 6.26. The van der Waals surface area contributed by atoms with Gasteiger partial charge in [0, 0.05) is 40.3 Å². The van der Waals surface area contributed by atoms with Crippen molar-refractivity contribution >= 4 is 17.9 Å². The topological polar surface area (TPSA) is 78.9 Å². The van der Waals surface area contributed by atoms with E-state index < -0.39 is 23.7 Å². The number of benzene rings is 3. The summed E-state index contributed by atoms with van der Waals surface area (Å²) >= 11 is 0. The predicted octanol–water partition coefficient (Wildman–Crippen LogP) is 6.88. The Hall–Kier alpha value is -4.78. The summed E-state index contributed by atoms with van der Waals surface area (Å²) in [5, 5.41) is 0. The van der Waals surface area contributed by atoms with Crippen molar-refractivity contribution in [1.82, 2.24) is 0 Å². The molecule has 6 nitrogen and oxygen atoms in total. The van der Waals surface area contributed by atoms with E-state index in [1.165, 1.54) is 32.0 Å². The van der Waals surface area contributed by atoms with Crippen LogP contribution in [0.25, 0.3) is 22.3 Å². The highest BCUT2D eigenvalue weighted by molar-refractivity contribution is 5.91. The second-order valence-corrected chi connectivity index (χ2v) is 9.68. The van der Waals surface area contributed by atoms with Crippen molar-refractivity contribution < 1.29 is 33.0 Å². The average Bonchev–Trinajstić information content (AvgIpc) is 3.33. The second-order valence-electron chi connectivity index (χ2n) is 9.68. The molecule has 40 heavy (non-hydrogen) atoms. The van der Waals surface area contributed by atoms with Gasteiger partial charge in [0.2, 0.25) is 0 Å². The summed E-state index contributed by atoms with van der Waals surface area (Å²) in [4.78, 5) is 35.7. The molecule has 1 atom stereocenters. The van der Waals surface area contributed by atoms with Crippen LogP contribution in [0.2, 0.25) is 0 Å². The average molecular weight is 541 g/mol. The molecule has 0 saturated carbocycles. The lowest BCUT2D eigenvalue weighted by atomic mass is 9.95. The van der Waals surface area contributed by atoms with Gasteiger partial charge in [-0.25, -0.2) is 18.8 Å². The van der Waals surface area contributed by atoms with Crippen LogP contribution in [-0.4, -0.2) is 24.5 Å². The lowest BCUT2D eigenvalue weighted by Crippen LogP contribution is -2.11. The van der Waals surface area contributed by atoms with Gasteiger partial charge < -0.3 is 14.2 Å². The third-order valence-corrected chi connectivity index (χ3v) is 6.59. The van der Waals surface area contributed by atoms with E-state index in [1.807, 2.05) is 18.2 Å². The number of aryl methyl sites for hydroxylation is 1. The highest BCUT2D eigenvalue weighted by atomic mass is 19.1. The van der Waals surface area contributed by atoms with Crippen LogP contribution in [0.3, 0.4) is 0 Å². The van der Waals surface area contributed by atoms with Gasteiger partial charge in [0.15, 0.2) is 0 Å². The first-order chi connectivity index (χ1) is 19.1. The minimum absolute atomic E-state index is 0.0906. The largest absolute Gasteiger partial charge is 0.462 e. The predicted molar refractivity (Wildman–Crippen MR) is 150 cm³/mol. The van der Waals surface area contributed by atoms with E-state index in [0.29, 0.717) is 16.7 Å². The summed E-state index contributed by atoms with van der Waals surface area (Å²) < 4.78 is 31.5. The molecule has 1 aliphatic rings. The van der Waals surface area contributed by atoms with E-state index in [0.717, 1.165) is 35.6 Å². The number of carbonyl (C=O) groups is 3. The minimum atomic E-state index is -0.669. The Morgan fingerprint density at radius 3 is 2.23 bits per heavy atom. The van der Waals surface area contributed by atoms with Gasteiger partial charge in [0.05, 0.1) is 6.61 Å². The smallest absolute Gasteiger partial charge is 0.338 e. The first kappa shape index (κ1) is 28.2. The summed E-state index contributed by atoms with van der Waals surface area (Å²) in [6, 6.07) is 15.1. The number of fused-ring (bicyclic) bond motifs is 1. The molecular weight excluding hydrogens is 511 g/mol. The van der Waals surface area contributed by atoms with Crippen molar-refractivity contribution in [3.8, 4) is 33.8 Å². The van der Waals surface area contributed by atoms with E-state index in [4.69, 9.17) is 14.2 Å². The molecule has 0 aliphatic heterocycles. The Morgan fingerprint density at radius 1 is 0.900 bits per heavy atom. The maximum atomic E-state index is 15.5. The molecule has 0 radical (unpaired) electrons. The van der Waals surface area contributed by atoms with Crippen LogP contribution in [0.15, 0.2) is 91.6 Å². The molecule has 1 unspecified atom stereocenters. The van der Waals surface area contributed by atoms with E-state index >= 15 is 4.39 Å². The first-order valence-corrected chi connectivity index (χ1v) is 12.7. The van der Waals surface area contributed by atoms with Crippen LogP contribution in [0, 0.1) is 5.82 Å². The zero-order valence-corrected chi connectivity index (χ0v) is 22.4. The summed E-state index contributed by atoms with van der Waals surface area (Å²) in [6.45, 7) is 13.9. The fourth-order valence-corrected chi connectivity index (χ4v) is 4.48. The molecule has 204 valence electrons. The molecule has 0 aromatic heterocycles. The standard InChI is InChI=1S/C33H29FO6/c1-6-31(35)38-18-24-8-7-21-15-22(9-12-26(21)24)27-13-10-23(16-29(27)34)28-14-11-25(39-32(36)19(2)3)17-30(28)40-33(37)20(4)5/h6,9-17,24H,1-2,4,7-8,18H2,3,5H3. The normalized spacial score (nSPS) is 13.6. The molecule has 7 heteroatoms. The molecule has 0 saturated heterocycles. The van der Waals surface area contributed by atoms with Crippen LogP contribution in [0.1, 0.15) is 37.3 Å². The summed E-state index contributed by atoms with van der Waals surface area (Å²) in [6.07, 6.45) is 2.79. The van der Waals surface area contributed by atoms with Gasteiger partial charge in [-0.1, -0.05) is 50.1 Å². The van der Waals surface area contributed by atoms with Gasteiger partial charge in [0.1, 0.15) is 17.3 Å². The van der Waals surface area contributed by atoms with E-state index in [1.54, 1.807) is 18.2 Å². The molecule has 1 aliphatic carbocycles. The van der Waals surface area contributed by atoms with E-state index in [-0.39, 0.29) is 35.2 Å². The highest BCUT2D eigenvalue weighted by Crippen LogP contribution is 2.39. The molecule has 0 spiro atoms. The number of carbonyl (C=O) groups excluding carboxylic acids is 3. The van der Waals surface area contributed by atoms with Crippen molar-refractivity contribution in [2.24, 2.45) is 0 Å². The number of esters is 3. The van der Waals surface area contributed by atoms with Gasteiger partial charge in [0.25, 0.3) is 0 Å². The lowest BCUT2D eigenvalue weighted by Gasteiger charge is -2.14. The quantitative estimate of drug-likeness (QED) is 0.167. The summed E-state index contributed by atoms with van der Waals surface area (Å²) in [7, 11) is 0. The molecule has 0 fully saturated rings. The van der Waals surface area contributed by atoms with Crippen molar-refractivity contribution in [2.75, 3.05) is 6.61 Å². The highest BCUT2D eigenvalue weighted by Gasteiger charge is 2.24. The molecule has 0 amide bonds. The van der Waals surface area contributed by atoms with Gasteiger partial charge in [-0.05, 0) is 67.1 Å². The second kappa shape index (κ2) is 11.9. The number of halogens is 1. The fraction of sp³-hybridized carbons (Fsp3) is 0.182. The van der Waals surface area contributed by atoms with Gasteiger partial charge in [-0.15, -0.1) is 0 Å². The molecule has 0 bridgehead atoms. The minimum Gasteiger partial charge on any atom is -0.462 e. The Kier molecular flexibility index (Phi) is 8.43. The van der Waals surface area contributed by atoms with Crippen LogP contribution in [0.5, 0.6) is 11.5 Å². The lowest BCUT2D eigenvalue weighted by molar-refractivity contribution is -0.138. The summed E-state index contributed by atoms with van der Waals surface area (Å²) in [5.41, 5.74) is 4.61. The third-order valence-electron chi connectivity index (χ3n) is 6.59. The van der Waals surface area contributed by atoms with Crippen LogP contribution < -0.4 is 9.47 Å². The zero-order chi connectivity index (χ0) is 29.0. The van der Waals surface area contributed by atoms with Crippen LogP contribution in [0.4, 0.5) is 4.39 Å². The van der Waals surface area contributed by atoms with Crippen molar-refractivity contribution in [2.45, 2.75) is 32.6 Å². The zero-order valence-electron chi connectivity index (χ0n) is 22.4. The Morgan fingerprint density at radius 2 is 1.55 bits per heavy atom. The molecule has 3 aromatic carbocycles. The maximum Gasteiger partial charge on any atom is 0.338 e. The van der Waals surface area contributed by atoms with Gasteiger partial charge >= 0.3 is 17.9 Å². The van der Waals surface area contributed by atoms with Crippen LogP contribution in [-0.2, 0) is 25.5 Å². The van der Waals surface area contributed by atoms with E-state index in [2.05, 4.69) is 19.7 Å². The Balaban J connectivity index is 1.63. The molecule has 0 N–H and O–H groups in total. The SMILES string of the molecule is C=CC(=O)OCC1CCc2cc(-c3ccc(-c4ccc(OC(=O)C(=C)C)cc4OC(=O)C(=C)C)cc3F)ccc21. The van der Waals surface area contributed by atoms with Crippen molar-refractivity contribution in [1.29, 1.82) is 0 Å².